The molecule has 0 amide bonds. The summed E-state index contributed by atoms with van der Waals surface area (Å²) in [6.45, 7) is 2.80. The van der Waals surface area contributed by atoms with Gasteiger partial charge in [-0.25, -0.2) is 4.79 Å². The second-order valence-corrected chi connectivity index (χ2v) is 5.10. The van der Waals surface area contributed by atoms with Crippen LogP contribution >= 0.6 is 11.8 Å². The quantitative estimate of drug-likeness (QED) is 0.801. The Balaban J connectivity index is 2.68. The van der Waals surface area contributed by atoms with E-state index < -0.39 is 5.97 Å². The van der Waals surface area contributed by atoms with Crippen LogP contribution in [0.25, 0.3) is 0 Å². The number of nitrogens with zero attached hydrogens (tertiary/aromatic N) is 1. The minimum atomic E-state index is -0.854. The first-order valence-electron chi connectivity index (χ1n) is 5.12. The van der Waals surface area contributed by atoms with E-state index in [1.165, 1.54) is 0 Å². The summed E-state index contributed by atoms with van der Waals surface area (Å²) >= 11 is 1.68. The smallest absolute Gasteiger partial charge is 0.335 e. The molecule has 1 aromatic carbocycles. The second kappa shape index (κ2) is 5.92. The van der Waals surface area contributed by atoms with E-state index in [1.807, 2.05) is 33.2 Å². The van der Waals surface area contributed by atoms with Gasteiger partial charge >= 0.3 is 5.97 Å². The maximum Gasteiger partial charge on any atom is 0.335 e. The van der Waals surface area contributed by atoms with Gasteiger partial charge in [0.1, 0.15) is 0 Å². The predicted molar refractivity (Wildman–Crippen MR) is 67.4 cm³/mol. The van der Waals surface area contributed by atoms with Gasteiger partial charge in [-0.3, -0.25) is 0 Å². The van der Waals surface area contributed by atoms with E-state index in [0.717, 1.165) is 22.8 Å². The number of benzene rings is 1. The first-order valence-corrected chi connectivity index (χ1v) is 6.10. The molecule has 3 nitrogen and oxygen atoms in total. The molecule has 0 aliphatic rings. The number of aromatic carboxylic acids is 1. The lowest BCUT2D eigenvalue weighted by Crippen LogP contribution is -2.14. The summed E-state index contributed by atoms with van der Waals surface area (Å²) in [5.41, 5.74) is 1.21. The van der Waals surface area contributed by atoms with Crippen LogP contribution in [0.5, 0.6) is 0 Å². The van der Waals surface area contributed by atoms with Gasteiger partial charge in [0.05, 0.1) is 5.56 Å². The Morgan fingerprint density at radius 1 is 1.44 bits per heavy atom. The Morgan fingerprint density at radius 3 is 2.69 bits per heavy atom. The van der Waals surface area contributed by atoms with E-state index in [1.54, 1.807) is 17.8 Å². The van der Waals surface area contributed by atoms with E-state index in [-0.39, 0.29) is 0 Å². The van der Waals surface area contributed by atoms with Crippen LogP contribution in [0.2, 0.25) is 0 Å². The van der Waals surface area contributed by atoms with Gasteiger partial charge < -0.3 is 10.0 Å². The van der Waals surface area contributed by atoms with Crippen molar-refractivity contribution in [1.29, 1.82) is 0 Å². The molecule has 16 heavy (non-hydrogen) atoms. The monoisotopic (exact) mass is 239 g/mol. The molecule has 1 rings (SSSR count). The normalized spacial score (nSPS) is 10.8. The highest BCUT2D eigenvalue weighted by Gasteiger charge is 2.07. The van der Waals surface area contributed by atoms with Crippen molar-refractivity contribution in [3.63, 3.8) is 0 Å². The maximum absolute atomic E-state index is 10.9. The van der Waals surface area contributed by atoms with E-state index in [4.69, 9.17) is 5.11 Å². The molecular formula is C12H17NO2S. The number of thioether (sulfide) groups is 1. The minimum absolute atomic E-state index is 0.398. The van der Waals surface area contributed by atoms with Crippen LogP contribution in [0.4, 0.5) is 0 Å². The fourth-order valence-electron chi connectivity index (χ4n) is 1.27. The summed E-state index contributed by atoms with van der Waals surface area (Å²) in [6, 6.07) is 5.58. The molecule has 0 unspecified atom stereocenters. The standard InChI is InChI=1S/C12H17NO2S/c1-9-4-5-10(8-11(9)12(14)15)16-7-6-13(2)3/h4-5,8H,6-7H2,1-3H3,(H,14,15). The SMILES string of the molecule is Cc1ccc(SCCN(C)C)cc1C(=O)O. The van der Waals surface area contributed by atoms with Crippen LogP contribution in [0.15, 0.2) is 23.1 Å². The van der Waals surface area contributed by atoms with Crippen molar-refractivity contribution in [2.24, 2.45) is 0 Å². The molecule has 88 valence electrons. The Hall–Kier alpha value is -1.00. The van der Waals surface area contributed by atoms with Gasteiger partial charge in [0.2, 0.25) is 0 Å². The van der Waals surface area contributed by atoms with Crippen molar-refractivity contribution in [2.75, 3.05) is 26.4 Å². The molecule has 0 aliphatic carbocycles. The van der Waals surface area contributed by atoms with Crippen LogP contribution in [0.1, 0.15) is 15.9 Å². The first kappa shape index (κ1) is 13.1. The van der Waals surface area contributed by atoms with Crippen molar-refractivity contribution < 1.29 is 9.90 Å². The molecule has 0 spiro atoms. The number of hydrogen-bond donors (Lipinski definition) is 1. The molecule has 1 N–H and O–H groups in total. The lowest BCUT2D eigenvalue weighted by Gasteiger charge is -2.09. The lowest BCUT2D eigenvalue weighted by atomic mass is 10.1. The summed E-state index contributed by atoms with van der Waals surface area (Å²) in [5.74, 6) is 0.113. The molecular weight excluding hydrogens is 222 g/mol. The molecule has 0 aliphatic heterocycles. The molecule has 4 heteroatoms. The Morgan fingerprint density at radius 2 is 2.12 bits per heavy atom. The maximum atomic E-state index is 10.9. The van der Waals surface area contributed by atoms with Crippen molar-refractivity contribution in [2.45, 2.75) is 11.8 Å². The molecule has 0 bridgehead atoms. The van der Waals surface area contributed by atoms with Gasteiger partial charge in [-0.2, -0.15) is 0 Å². The van der Waals surface area contributed by atoms with Crippen molar-refractivity contribution in [1.82, 2.24) is 4.90 Å². The lowest BCUT2D eigenvalue weighted by molar-refractivity contribution is 0.0696. The van der Waals surface area contributed by atoms with Crippen molar-refractivity contribution in [3.05, 3.63) is 29.3 Å². The van der Waals surface area contributed by atoms with Gasteiger partial charge in [0, 0.05) is 17.2 Å². The van der Waals surface area contributed by atoms with Gasteiger partial charge in [-0.05, 0) is 38.7 Å². The van der Waals surface area contributed by atoms with E-state index in [0.29, 0.717) is 5.56 Å². The number of hydrogen-bond acceptors (Lipinski definition) is 3. The highest BCUT2D eigenvalue weighted by molar-refractivity contribution is 7.99. The van der Waals surface area contributed by atoms with Gasteiger partial charge in [0.25, 0.3) is 0 Å². The molecule has 0 heterocycles. The summed E-state index contributed by atoms with van der Waals surface area (Å²) in [5, 5.41) is 8.99. The largest absolute Gasteiger partial charge is 0.478 e. The zero-order chi connectivity index (χ0) is 12.1. The fourth-order valence-corrected chi connectivity index (χ4v) is 2.32. The Kier molecular flexibility index (Phi) is 4.83. The first-order chi connectivity index (χ1) is 7.50. The number of rotatable bonds is 5. The van der Waals surface area contributed by atoms with Gasteiger partial charge in [0.15, 0.2) is 0 Å². The Bertz CT molecular complexity index is 377. The Labute approximate surface area is 100 Å². The summed E-state index contributed by atoms with van der Waals surface area (Å²) < 4.78 is 0. The fraction of sp³-hybridized carbons (Fsp3) is 0.417. The molecule has 0 saturated carbocycles. The molecule has 0 fully saturated rings. The number of carbonyl (C=O) groups is 1. The van der Waals surface area contributed by atoms with Crippen LogP contribution in [0, 0.1) is 6.92 Å². The summed E-state index contributed by atoms with van der Waals surface area (Å²) in [4.78, 5) is 14.1. The summed E-state index contributed by atoms with van der Waals surface area (Å²) in [7, 11) is 4.05. The zero-order valence-electron chi connectivity index (χ0n) is 9.86. The van der Waals surface area contributed by atoms with Crippen molar-refractivity contribution in [3.8, 4) is 0 Å². The average Bonchev–Trinajstić information content (AvgIpc) is 2.19. The summed E-state index contributed by atoms with van der Waals surface area (Å²) in [6.07, 6.45) is 0. The van der Waals surface area contributed by atoms with E-state index >= 15 is 0 Å². The topological polar surface area (TPSA) is 40.5 Å². The highest BCUT2D eigenvalue weighted by atomic mass is 32.2. The molecule has 0 saturated heterocycles. The van der Waals surface area contributed by atoms with Crippen LogP contribution in [-0.2, 0) is 0 Å². The van der Waals surface area contributed by atoms with Gasteiger partial charge in [-0.15, -0.1) is 11.8 Å². The van der Waals surface area contributed by atoms with Crippen LogP contribution in [-0.4, -0.2) is 42.4 Å². The highest BCUT2D eigenvalue weighted by Crippen LogP contribution is 2.21. The number of carboxylic acid groups (broad SMARTS) is 1. The predicted octanol–water partition coefficient (Wildman–Crippen LogP) is 2.35. The third-order valence-corrected chi connectivity index (χ3v) is 3.22. The zero-order valence-corrected chi connectivity index (χ0v) is 10.7. The third-order valence-electron chi connectivity index (χ3n) is 2.25. The van der Waals surface area contributed by atoms with E-state index in [9.17, 15) is 4.79 Å². The van der Waals surface area contributed by atoms with Crippen molar-refractivity contribution >= 4 is 17.7 Å². The average molecular weight is 239 g/mol. The number of carboxylic acids is 1. The molecule has 0 radical (unpaired) electrons. The molecule has 0 aromatic heterocycles. The van der Waals surface area contributed by atoms with Gasteiger partial charge in [-0.1, -0.05) is 6.07 Å². The number of aryl methyl sites for hydroxylation is 1. The van der Waals surface area contributed by atoms with Crippen LogP contribution in [0.3, 0.4) is 0 Å². The van der Waals surface area contributed by atoms with Crippen LogP contribution < -0.4 is 0 Å². The second-order valence-electron chi connectivity index (χ2n) is 3.93. The molecule has 1 aromatic rings. The molecule has 0 atom stereocenters. The van der Waals surface area contributed by atoms with E-state index in [2.05, 4.69) is 4.90 Å². The third kappa shape index (κ3) is 3.87. The minimum Gasteiger partial charge on any atom is -0.478 e.